The number of fused-ring (bicyclic) bond motifs is 3. The Morgan fingerprint density at radius 2 is 2.10 bits per heavy atom. The molecule has 30 heavy (non-hydrogen) atoms. The van der Waals surface area contributed by atoms with Crippen LogP contribution < -0.4 is 5.43 Å². The summed E-state index contributed by atoms with van der Waals surface area (Å²) >= 11 is 14.1. The monoisotopic (exact) mass is 460 g/mol. The Labute approximate surface area is 191 Å². The van der Waals surface area contributed by atoms with Gasteiger partial charge in [0, 0.05) is 15.5 Å². The molecule has 0 spiro atoms. The van der Waals surface area contributed by atoms with E-state index in [1.54, 1.807) is 23.7 Å². The van der Waals surface area contributed by atoms with E-state index in [9.17, 15) is 0 Å². The number of anilines is 1. The third-order valence-corrected chi connectivity index (χ3v) is 8.26. The van der Waals surface area contributed by atoms with Gasteiger partial charge in [-0.15, -0.1) is 11.3 Å². The van der Waals surface area contributed by atoms with E-state index >= 15 is 0 Å². The van der Waals surface area contributed by atoms with E-state index in [1.165, 1.54) is 23.3 Å². The summed E-state index contributed by atoms with van der Waals surface area (Å²) in [6, 6.07) is 5.42. The van der Waals surface area contributed by atoms with E-state index in [4.69, 9.17) is 23.2 Å². The smallest absolute Gasteiger partial charge is 0.158 e. The van der Waals surface area contributed by atoms with Crippen molar-refractivity contribution in [3.05, 3.63) is 50.6 Å². The number of nitrogens with one attached hydrogen (secondary N) is 1. The van der Waals surface area contributed by atoms with Gasteiger partial charge < -0.3 is 0 Å². The second kappa shape index (κ2) is 8.45. The molecule has 0 fully saturated rings. The van der Waals surface area contributed by atoms with Crippen LogP contribution in [-0.2, 0) is 12.8 Å². The van der Waals surface area contributed by atoms with Gasteiger partial charge in [-0.2, -0.15) is 5.10 Å². The first-order chi connectivity index (χ1) is 14.3. The minimum atomic E-state index is 0.329. The lowest BCUT2D eigenvalue weighted by Gasteiger charge is -2.36. The van der Waals surface area contributed by atoms with Crippen LogP contribution in [0, 0.1) is 11.3 Å². The number of rotatable bonds is 5. The Morgan fingerprint density at radius 3 is 2.83 bits per heavy atom. The van der Waals surface area contributed by atoms with Crippen molar-refractivity contribution >= 4 is 56.3 Å². The molecule has 158 valence electrons. The van der Waals surface area contributed by atoms with Crippen LogP contribution in [0.15, 0.2) is 29.6 Å². The Hall–Kier alpha value is -1.69. The zero-order valence-corrected chi connectivity index (χ0v) is 20.0. The molecule has 0 saturated carbocycles. The summed E-state index contributed by atoms with van der Waals surface area (Å²) in [5, 5.41) is 6.88. The lowest BCUT2D eigenvalue weighted by Crippen LogP contribution is -2.28. The molecule has 3 aromatic rings. The summed E-state index contributed by atoms with van der Waals surface area (Å²) in [6.45, 7) is 8.98. The minimum absolute atomic E-state index is 0.329. The van der Waals surface area contributed by atoms with E-state index in [0.717, 1.165) is 40.2 Å². The Morgan fingerprint density at radius 1 is 1.30 bits per heavy atom. The van der Waals surface area contributed by atoms with Crippen molar-refractivity contribution in [2.24, 2.45) is 16.4 Å². The predicted molar refractivity (Wildman–Crippen MR) is 129 cm³/mol. The summed E-state index contributed by atoms with van der Waals surface area (Å²) in [6.07, 6.45) is 6.22. The van der Waals surface area contributed by atoms with Crippen molar-refractivity contribution in [2.75, 3.05) is 5.43 Å². The van der Waals surface area contributed by atoms with Gasteiger partial charge in [0.25, 0.3) is 0 Å². The second-order valence-corrected chi connectivity index (χ2v) is 10.5. The second-order valence-electron chi connectivity index (χ2n) is 8.62. The lowest BCUT2D eigenvalue weighted by atomic mass is 9.69. The van der Waals surface area contributed by atoms with Crippen LogP contribution in [0.3, 0.4) is 0 Å². The number of hydrazone groups is 1. The third kappa shape index (κ3) is 4.08. The number of nitrogens with zero attached hydrogens (tertiary/aromatic N) is 3. The molecule has 0 amide bonds. The highest BCUT2D eigenvalue weighted by Crippen LogP contribution is 2.45. The van der Waals surface area contributed by atoms with Crippen LogP contribution in [0.25, 0.3) is 10.2 Å². The fourth-order valence-electron chi connectivity index (χ4n) is 4.13. The molecule has 2 heterocycles. The topological polar surface area (TPSA) is 50.2 Å². The number of thiophene rings is 1. The quantitative estimate of drug-likeness (QED) is 0.319. The maximum absolute atomic E-state index is 6.33. The van der Waals surface area contributed by atoms with Crippen molar-refractivity contribution in [3.8, 4) is 0 Å². The van der Waals surface area contributed by atoms with Gasteiger partial charge in [0.05, 0.1) is 16.1 Å². The Bertz CT molecular complexity index is 1120. The fraction of sp³-hybridized carbons (Fsp3) is 0.435. The van der Waals surface area contributed by atoms with Crippen molar-refractivity contribution in [3.63, 3.8) is 0 Å². The largest absolute Gasteiger partial charge is 0.260 e. The van der Waals surface area contributed by atoms with Gasteiger partial charge in [-0.1, -0.05) is 56.5 Å². The van der Waals surface area contributed by atoms with Crippen molar-refractivity contribution in [2.45, 2.75) is 53.4 Å². The summed E-state index contributed by atoms with van der Waals surface area (Å²) in [7, 11) is 0. The molecule has 0 radical (unpaired) electrons. The highest BCUT2D eigenvalue weighted by atomic mass is 35.5. The molecule has 1 N–H and O–H groups in total. The summed E-state index contributed by atoms with van der Waals surface area (Å²) in [5.41, 5.74) is 6.53. The molecule has 0 unspecified atom stereocenters. The molecule has 0 saturated heterocycles. The molecule has 0 bridgehead atoms. The molecule has 1 aromatic carbocycles. The molecule has 1 aliphatic carbocycles. The van der Waals surface area contributed by atoms with Crippen molar-refractivity contribution in [1.82, 2.24) is 9.97 Å². The standard InChI is InChI=1S/C23H26Cl2N4S/c1-5-23(3,4)14-6-9-19-17(10-14)20-21(26-12-27-22(20)30-19)29-28-13(2)16-8-7-15(24)11-18(16)25/h7-8,11-12,14H,5-6,9-10H2,1-4H3,(H,26,27,29)/b28-13-/t14-/m1/s1. The van der Waals surface area contributed by atoms with Crippen LogP contribution in [-0.4, -0.2) is 15.7 Å². The molecule has 7 heteroatoms. The lowest BCUT2D eigenvalue weighted by molar-refractivity contribution is 0.184. The van der Waals surface area contributed by atoms with Gasteiger partial charge in [-0.05, 0) is 55.2 Å². The maximum atomic E-state index is 6.33. The molecule has 1 aliphatic rings. The van der Waals surface area contributed by atoms with Crippen LogP contribution >= 0.6 is 34.5 Å². The first kappa shape index (κ1) is 21.5. The van der Waals surface area contributed by atoms with Gasteiger partial charge in [-0.3, -0.25) is 5.43 Å². The fourth-order valence-corrected chi connectivity index (χ4v) is 5.86. The number of aryl methyl sites for hydroxylation is 1. The normalized spacial score (nSPS) is 17.3. The highest BCUT2D eigenvalue weighted by molar-refractivity contribution is 7.19. The number of hydrogen-bond donors (Lipinski definition) is 1. The first-order valence-corrected chi connectivity index (χ1v) is 11.9. The van der Waals surface area contributed by atoms with Gasteiger partial charge in [0.2, 0.25) is 0 Å². The summed E-state index contributed by atoms with van der Waals surface area (Å²) < 4.78 is 0. The van der Waals surface area contributed by atoms with Crippen LogP contribution in [0.2, 0.25) is 10.0 Å². The summed E-state index contributed by atoms with van der Waals surface area (Å²) in [5.74, 6) is 1.43. The van der Waals surface area contributed by atoms with E-state index in [0.29, 0.717) is 21.4 Å². The highest BCUT2D eigenvalue weighted by Gasteiger charge is 2.33. The van der Waals surface area contributed by atoms with Crippen molar-refractivity contribution < 1.29 is 0 Å². The zero-order valence-electron chi connectivity index (χ0n) is 17.7. The third-order valence-electron chi connectivity index (χ3n) is 6.51. The summed E-state index contributed by atoms with van der Waals surface area (Å²) in [4.78, 5) is 11.5. The predicted octanol–water partition coefficient (Wildman–Crippen LogP) is 7.38. The van der Waals surface area contributed by atoms with E-state index in [-0.39, 0.29) is 0 Å². The number of halogens is 2. The Kier molecular flexibility index (Phi) is 6.06. The zero-order chi connectivity index (χ0) is 21.5. The molecular weight excluding hydrogens is 435 g/mol. The van der Waals surface area contributed by atoms with E-state index < -0.39 is 0 Å². The van der Waals surface area contributed by atoms with Gasteiger partial charge >= 0.3 is 0 Å². The SMILES string of the molecule is CCC(C)(C)[C@@H]1CCc2sc3ncnc(N/N=C(/C)c4ccc(Cl)cc4Cl)c3c2C1. The number of aromatic nitrogens is 2. The molecule has 4 nitrogen and oxygen atoms in total. The first-order valence-electron chi connectivity index (χ1n) is 10.3. The van der Waals surface area contributed by atoms with Crippen LogP contribution in [0.4, 0.5) is 5.82 Å². The molecule has 0 aliphatic heterocycles. The Balaban J connectivity index is 1.68. The van der Waals surface area contributed by atoms with Gasteiger partial charge in [0.15, 0.2) is 5.82 Å². The average Bonchev–Trinajstić information content (AvgIpc) is 3.10. The number of hydrogen-bond acceptors (Lipinski definition) is 5. The van der Waals surface area contributed by atoms with E-state index in [2.05, 4.69) is 41.3 Å². The maximum Gasteiger partial charge on any atom is 0.158 e. The van der Waals surface area contributed by atoms with Gasteiger partial charge in [-0.25, -0.2) is 9.97 Å². The van der Waals surface area contributed by atoms with Gasteiger partial charge in [0.1, 0.15) is 11.2 Å². The molecular formula is C23H26Cl2N4S. The minimum Gasteiger partial charge on any atom is -0.260 e. The average molecular weight is 461 g/mol. The van der Waals surface area contributed by atoms with Crippen molar-refractivity contribution in [1.29, 1.82) is 0 Å². The van der Waals surface area contributed by atoms with Crippen LogP contribution in [0.1, 0.15) is 56.5 Å². The number of benzene rings is 1. The molecule has 2 aromatic heterocycles. The van der Waals surface area contributed by atoms with E-state index in [1.807, 2.05) is 19.1 Å². The molecule has 4 rings (SSSR count). The molecule has 1 atom stereocenters. The van der Waals surface area contributed by atoms with Crippen LogP contribution in [0.5, 0.6) is 0 Å².